The van der Waals surface area contributed by atoms with Crippen LogP contribution in [-0.2, 0) is 4.79 Å². The van der Waals surface area contributed by atoms with Gasteiger partial charge in [0.2, 0.25) is 5.91 Å². The first-order valence-corrected chi connectivity index (χ1v) is 10.3. The zero-order valence-electron chi connectivity index (χ0n) is 15.3. The molecule has 0 fully saturated rings. The van der Waals surface area contributed by atoms with Crippen molar-refractivity contribution in [3.05, 3.63) is 99.0 Å². The summed E-state index contributed by atoms with van der Waals surface area (Å²) < 4.78 is 0. The number of carbonyl (C=O) groups is 1. The highest BCUT2D eigenvalue weighted by molar-refractivity contribution is 6.36. The molecule has 2 atom stereocenters. The predicted molar refractivity (Wildman–Crippen MR) is 114 cm³/mol. The van der Waals surface area contributed by atoms with Crippen molar-refractivity contribution in [3.63, 3.8) is 0 Å². The van der Waals surface area contributed by atoms with Gasteiger partial charge in [-0.25, -0.2) is 0 Å². The van der Waals surface area contributed by atoms with E-state index in [4.69, 9.17) is 23.2 Å². The molecule has 0 aliphatic heterocycles. The molecule has 3 aliphatic rings. The number of benzene rings is 3. The molecule has 0 saturated heterocycles. The molecule has 0 saturated carbocycles. The van der Waals surface area contributed by atoms with Gasteiger partial charge >= 0.3 is 0 Å². The van der Waals surface area contributed by atoms with Crippen LogP contribution in [0.3, 0.4) is 0 Å². The molecular weight excluding hydrogens is 389 g/mol. The molecule has 3 aromatic rings. The van der Waals surface area contributed by atoms with Crippen molar-refractivity contribution < 1.29 is 4.79 Å². The van der Waals surface area contributed by atoms with E-state index in [9.17, 15) is 4.79 Å². The predicted octanol–water partition coefficient (Wildman–Crippen LogP) is 6.48. The Morgan fingerprint density at radius 1 is 0.821 bits per heavy atom. The van der Waals surface area contributed by atoms with Gasteiger partial charge in [0.1, 0.15) is 0 Å². The van der Waals surface area contributed by atoms with Crippen LogP contribution in [0.2, 0.25) is 10.0 Å². The molecule has 3 aromatic carbocycles. The Bertz CT molecular complexity index is 1050. The first-order valence-electron chi connectivity index (χ1n) is 9.50. The van der Waals surface area contributed by atoms with Gasteiger partial charge in [-0.05, 0) is 46.4 Å². The Kier molecular flexibility index (Phi) is 4.22. The molecule has 0 aromatic heterocycles. The second-order valence-electron chi connectivity index (χ2n) is 7.71. The van der Waals surface area contributed by atoms with Crippen molar-refractivity contribution in [2.24, 2.45) is 11.8 Å². The molecule has 3 aliphatic carbocycles. The highest BCUT2D eigenvalue weighted by Gasteiger charge is 2.50. The lowest BCUT2D eigenvalue weighted by Crippen LogP contribution is -2.44. The maximum absolute atomic E-state index is 13.4. The quantitative estimate of drug-likeness (QED) is 0.517. The first-order chi connectivity index (χ1) is 13.6. The number of amides is 1. The summed E-state index contributed by atoms with van der Waals surface area (Å²) >= 11 is 12.3. The molecule has 1 amide bonds. The van der Waals surface area contributed by atoms with Crippen molar-refractivity contribution in [3.8, 4) is 0 Å². The molecule has 0 heterocycles. The van der Waals surface area contributed by atoms with E-state index in [1.807, 2.05) is 0 Å². The van der Waals surface area contributed by atoms with Crippen LogP contribution in [0.1, 0.15) is 41.0 Å². The maximum Gasteiger partial charge on any atom is 0.228 e. The summed E-state index contributed by atoms with van der Waals surface area (Å²) in [6.45, 7) is 2.19. The third kappa shape index (κ3) is 2.59. The molecule has 0 unspecified atom stereocenters. The van der Waals surface area contributed by atoms with Gasteiger partial charge in [-0.15, -0.1) is 0 Å². The SMILES string of the molecule is C[C@H]1C2c3ccccc3C(c3ccccc32)[C@@H]1C(=O)Nc1ccc(Cl)cc1Cl. The Morgan fingerprint density at radius 2 is 1.36 bits per heavy atom. The van der Waals surface area contributed by atoms with Gasteiger partial charge in [0, 0.05) is 16.9 Å². The summed E-state index contributed by atoms with van der Waals surface area (Å²) in [5.74, 6) is 0.338. The van der Waals surface area contributed by atoms with Crippen LogP contribution in [0.4, 0.5) is 5.69 Å². The normalized spacial score (nSPS) is 24.4. The zero-order valence-corrected chi connectivity index (χ0v) is 16.8. The van der Waals surface area contributed by atoms with Crippen molar-refractivity contribution in [1.82, 2.24) is 0 Å². The van der Waals surface area contributed by atoms with Crippen LogP contribution in [0.25, 0.3) is 0 Å². The van der Waals surface area contributed by atoms with E-state index < -0.39 is 0 Å². The van der Waals surface area contributed by atoms with Crippen LogP contribution in [0.15, 0.2) is 66.7 Å². The Hall–Kier alpha value is -2.29. The van der Waals surface area contributed by atoms with Crippen molar-refractivity contribution >= 4 is 34.8 Å². The Labute approximate surface area is 174 Å². The van der Waals surface area contributed by atoms with Gasteiger partial charge in [0.05, 0.1) is 16.6 Å². The van der Waals surface area contributed by atoms with Crippen molar-refractivity contribution in [1.29, 1.82) is 0 Å². The second-order valence-corrected chi connectivity index (χ2v) is 8.56. The van der Waals surface area contributed by atoms with Crippen molar-refractivity contribution in [2.75, 3.05) is 5.32 Å². The summed E-state index contributed by atoms with van der Waals surface area (Å²) in [5, 5.41) is 4.06. The summed E-state index contributed by atoms with van der Waals surface area (Å²) in [7, 11) is 0. The van der Waals surface area contributed by atoms with E-state index in [0.29, 0.717) is 15.7 Å². The number of fused-ring (bicyclic) bond motifs is 1. The molecule has 28 heavy (non-hydrogen) atoms. The van der Waals surface area contributed by atoms with Gasteiger partial charge in [0.15, 0.2) is 0 Å². The van der Waals surface area contributed by atoms with Gasteiger partial charge in [0.25, 0.3) is 0 Å². The number of rotatable bonds is 2. The monoisotopic (exact) mass is 407 g/mol. The molecule has 1 N–H and O–H groups in total. The number of hydrogen-bond acceptors (Lipinski definition) is 1. The van der Waals surface area contributed by atoms with E-state index in [2.05, 4.69) is 60.8 Å². The Balaban J connectivity index is 1.59. The Morgan fingerprint density at radius 3 is 1.89 bits per heavy atom. The maximum atomic E-state index is 13.4. The van der Waals surface area contributed by atoms with Gasteiger partial charge < -0.3 is 5.32 Å². The minimum absolute atomic E-state index is 0.00993. The summed E-state index contributed by atoms with van der Waals surface area (Å²) in [4.78, 5) is 13.4. The minimum atomic E-state index is -0.151. The lowest BCUT2D eigenvalue weighted by molar-refractivity contribution is -0.122. The smallest absolute Gasteiger partial charge is 0.228 e. The van der Waals surface area contributed by atoms with Crippen LogP contribution < -0.4 is 5.32 Å². The molecule has 0 spiro atoms. The van der Waals surface area contributed by atoms with Gasteiger partial charge in [-0.2, -0.15) is 0 Å². The van der Waals surface area contributed by atoms with E-state index >= 15 is 0 Å². The summed E-state index contributed by atoms with van der Waals surface area (Å²) in [6.07, 6.45) is 0. The van der Waals surface area contributed by atoms with Crippen LogP contribution >= 0.6 is 23.2 Å². The lowest BCUT2D eigenvalue weighted by Gasteiger charge is -2.49. The fraction of sp³-hybridized carbons (Fsp3) is 0.208. The molecule has 2 bridgehead atoms. The first kappa shape index (κ1) is 17.8. The van der Waals surface area contributed by atoms with E-state index in [1.165, 1.54) is 22.3 Å². The van der Waals surface area contributed by atoms with Crippen LogP contribution in [0, 0.1) is 11.8 Å². The second kappa shape index (κ2) is 6.65. The molecule has 2 nitrogen and oxygen atoms in total. The zero-order chi connectivity index (χ0) is 19.4. The molecule has 4 heteroatoms. The van der Waals surface area contributed by atoms with Crippen LogP contribution in [0.5, 0.6) is 0 Å². The number of nitrogens with one attached hydrogen (secondary N) is 1. The standard InChI is InChI=1S/C24H19Cl2NO/c1-13-21-15-6-2-4-8-17(15)23(18-9-5-3-7-16(18)21)22(13)24(28)27-20-11-10-14(25)12-19(20)26/h2-13,21-23H,1H3,(H,27,28)/t13-,21?,22+,23?/m0/s1. The fourth-order valence-corrected chi connectivity index (χ4v) is 5.61. The molecule has 140 valence electrons. The van der Waals surface area contributed by atoms with Crippen molar-refractivity contribution in [2.45, 2.75) is 18.8 Å². The topological polar surface area (TPSA) is 29.1 Å². The number of carbonyl (C=O) groups excluding carboxylic acids is 1. The third-order valence-corrected chi connectivity index (χ3v) is 6.82. The molecular formula is C24H19Cl2NO. The van der Waals surface area contributed by atoms with E-state index in [1.54, 1.807) is 18.2 Å². The number of hydrogen-bond donors (Lipinski definition) is 1. The van der Waals surface area contributed by atoms with Gasteiger partial charge in [-0.1, -0.05) is 78.7 Å². The van der Waals surface area contributed by atoms with E-state index in [0.717, 1.165) is 0 Å². The summed E-state index contributed by atoms with van der Waals surface area (Å²) in [6, 6.07) is 22.2. The number of halogens is 2. The van der Waals surface area contributed by atoms with E-state index in [-0.39, 0.29) is 29.6 Å². The lowest BCUT2D eigenvalue weighted by atomic mass is 9.54. The highest BCUT2D eigenvalue weighted by atomic mass is 35.5. The molecule has 0 radical (unpaired) electrons. The minimum Gasteiger partial charge on any atom is -0.324 e. The largest absolute Gasteiger partial charge is 0.324 e. The number of anilines is 1. The van der Waals surface area contributed by atoms with Gasteiger partial charge in [-0.3, -0.25) is 4.79 Å². The average molecular weight is 408 g/mol. The summed E-state index contributed by atoms with van der Waals surface area (Å²) in [5.41, 5.74) is 5.85. The van der Waals surface area contributed by atoms with Crippen LogP contribution in [-0.4, -0.2) is 5.91 Å². The fourth-order valence-electron chi connectivity index (χ4n) is 5.15. The average Bonchev–Trinajstić information content (AvgIpc) is 2.70. The third-order valence-electron chi connectivity index (χ3n) is 6.28. The highest BCUT2D eigenvalue weighted by Crippen LogP contribution is 2.58. The molecule has 6 rings (SSSR count).